The number of pyridine rings is 1. The first-order chi connectivity index (χ1) is 11.3. The van der Waals surface area contributed by atoms with Crippen molar-refractivity contribution in [1.82, 2.24) is 10.3 Å². The number of hydrogen-bond donors (Lipinski definition) is 2. The Labute approximate surface area is 142 Å². The van der Waals surface area contributed by atoms with Crippen LogP contribution in [0.3, 0.4) is 0 Å². The highest BCUT2D eigenvalue weighted by atomic mass is 35.5. The minimum absolute atomic E-state index is 0.0561. The van der Waals surface area contributed by atoms with Crippen LogP contribution in [-0.2, 0) is 11.0 Å². The van der Waals surface area contributed by atoms with E-state index in [2.05, 4.69) is 10.3 Å². The summed E-state index contributed by atoms with van der Waals surface area (Å²) in [4.78, 5) is 15.3. The van der Waals surface area contributed by atoms with Gasteiger partial charge in [0.1, 0.15) is 11.6 Å². The van der Waals surface area contributed by atoms with E-state index in [1.165, 1.54) is 0 Å². The van der Waals surface area contributed by atoms with Crippen LogP contribution >= 0.6 is 11.6 Å². The molecule has 1 aliphatic carbocycles. The van der Waals surface area contributed by atoms with Crippen LogP contribution in [0.25, 0.3) is 0 Å². The minimum Gasteiger partial charge on any atom is -0.475 e. The second kappa shape index (κ2) is 8.02. The predicted octanol–water partition coefficient (Wildman–Crippen LogP) is 2.77. The van der Waals surface area contributed by atoms with Gasteiger partial charge in [0.25, 0.3) is 0 Å². The molecule has 1 heterocycles. The van der Waals surface area contributed by atoms with Gasteiger partial charge in [-0.2, -0.15) is 13.2 Å². The minimum atomic E-state index is -4.51. The van der Waals surface area contributed by atoms with E-state index in [4.69, 9.17) is 22.1 Å². The van der Waals surface area contributed by atoms with Gasteiger partial charge >= 0.3 is 6.18 Å². The Kier molecular flexibility index (Phi) is 6.28. The lowest BCUT2D eigenvalue weighted by molar-refractivity contribution is -0.137. The molecule has 1 saturated carbocycles. The molecule has 24 heavy (non-hydrogen) atoms. The monoisotopic (exact) mass is 365 g/mol. The molecule has 0 aliphatic heterocycles. The van der Waals surface area contributed by atoms with E-state index in [1.807, 2.05) is 0 Å². The molecule has 0 radical (unpaired) electrons. The van der Waals surface area contributed by atoms with Crippen LogP contribution < -0.4 is 15.8 Å². The zero-order chi connectivity index (χ0) is 17.7. The van der Waals surface area contributed by atoms with Crippen molar-refractivity contribution in [3.8, 4) is 5.88 Å². The highest BCUT2D eigenvalue weighted by Gasteiger charge is 2.31. The van der Waals surface area contributed by atoms with Crippen molar-refractivity contribution in [2.24, 2.45) is 11.7 Å². The van der Waals surface area contributed by atoms with Crippen molar-refractivity contribution in [2.45, 2.75) is 37.9 Å². The lowest BCUT2D eigenvalue weighted by atomic mass is 10.00. The molecule has 1 aromatic heterocycles. The van der Waals surface area contributed by atoms with Crippen LogP contribution in [0.4, 0.5) is 13.2 Å². The molecule has 2 rings (SSSR count). The molecule has 9 heteroatoms. The van der Waals surface area contributed by atoms with E-state index in [0.717, 1.165) is 25.3 Å². The first-order valence-corrected chi connectivity index (χ1v) is 8.03. The third kappa shape index (κ3) is 5.24. The highest BCUT2D eigenvalue weighted by Crippen LogP contribution is 2.33. The fraction of sp³-hybridized carbons (Fsp3) is 0.600. The molecule has 0 bridgehead atoms. The van der Waals surface area contributed by atoms with E-state index in [0.29, 0.717) is 12.6 Å². The number of nitrogens with one attached hydrogen (secondary N) is 1. The molecular weight excluding hydrogens is 347 g/mol. The first-order valence-electron chi connectivity index (χ1n) is 7.65. The number of halogens is 4. The summed E-state index contributed by atoms with van der Waals surface area (Å²) in [6.07, 6.45) is -0.540. The van der Waals surface area contributed by atoms with Crippen LogP contribution in [0, 0.1) is 5.92 Å². The van der Waals surface area contributed by atoms with Crippen LogP contribution in [0.1, 0.15) is 31.2 Å². The Morgan fingerprint density at radius 1 is 1.46 bits per heavy atom. The lowest BCUT2D eigenvalue weighted by Gasteiger charge is -2.15. The SMILES string of the molecule is N[C@@H]1CCC[C@H]1CC(=O)NCCOc1ncc(C(F)(F)F)cc1Cl. The quantitative estimate of drug-likeness (QED) is 0.760. The highest BCUT2D eigenvalue weighted by molar-refractivity contribution is 6.31. The maximum atomic E-state index is 12.5. The van der Waals surface area contributed by atoms with Gasteiger partial charge in [0, 0.05) is 18.7 Å². The molecule has 0 saturated heterocycles. The molecular formula is C15H19ClF3N3O2. The fourth-order valence-corrected chi connectivity index (χ4v) is 2.87. The summed E-state index contributed by atoms with van der Waals surface area (Å²) in [5, 5.41) is 2.46. The average Bonchev–Trinajstić information content (AvgIpc) is 2.89. The van der Waals surface area contributed by atoms with Crippen LogP contribution in [0.2, 0.25) is 5.02 Å². The molecule has 5 nitrogen and oxygen atoms in total. The van der Waals surface area contributed by atoms with E-state index in [-0.39, 0.29) is 41.9 Å². The van der Waals surface area contributed by atoms with E-state index < -0.39 is 11.7 Å². The summed E-state index contributed by atoms with van der Waals surface area (Å²) < 4.78 is 42.7. The second-order valence-corrected chi connectivity index (χ2v) is 6.17. The van der Waals surface area contributed by atoms with Crippen molar-refractivity contribution in [3.63, 3.8) is 0 Å². The fourth-order valence-electron chi connectivity index (χ4n) is 2.65. The van der Waals surface area contributed by atoms with Gasteiger partial charge in [-0.3, -0.25) is 4.79 Å². The van der Waals surface area contributed by atoms with Gasteiger partial charge < -0.3 is 15.8 Å². The Morgan fingerprint density at radius 3 is 2.79 bits per heavy atom. The van der Waals surface area contributed by atoms with Gasteiger partial charge in [-0.25, -0.2) is 4.98 Å². The summed E-state index contributed by atoms with van der Waals surface area (Å²) in [5.41, 5.74) is 4.97. The van der Waals surface area contributed by atoms with E-state index >= 15 is 0 Å². The molecule has 0 aromatic carbocycles. The summed E-state index contributed by atoms with van der Waals surface area (Å²) in [7, 11) is 0. The topological polar surface area (TPSA) is 77.2 Å². The Balaban J connectivity index is 1.73. The van der Waals surface area contributed by atoms with Gasteiger partial charge in [0.05, 0.1) is 12.1 Å². The lowest BCUT2D eigenvalue weighted by Crippen LogP contribution is -2.33. The van der Waals surface area contributed by atoms with Gasteiger partial charge in [-0.1, -0.05) is 18.0 Å². The number of alkyl halides is 3. The Morgan fingerprint density at radius 2 is 2.21 bits per heavy atom. The second-order valence-electron chi connectivity index (χ2n) is 5.77. The van der Waals surface area contributed by atoms with Gasteiger partial charge in [-0.05, 0) is 24.8 Å². The van der Waals surface area contributed by atoms with E-state index in [9.17, 15) is 18.0 Å². The van der Waals surface area contributed by atoms with Crippen LogP contribution in [-0.4, -0.2) is 30.1 Å². The smallest absolute Gasteiger partial charge is 0.417 e. The maximum Gasteiger partial charge on any atom is 0.417 e. The number of aromatic nitrogens is 1. The van der Waals surface area contributed by atoms with Gasteiger partial charge in [0.15, 0.2) is 0 Å². The van der Waals surface area contributed by atoms with Gasteiger partial charge in [0.2, 0.25) is 11.8 Å². The number of nitrogens with zero attached hydrogens (tertiary/aromatic N) is 1. The third-order valence-corrected chi connectivity index (χ3v) is 4.23. The van der Waals surface area contributed by atoms with Crippen molar-refractivity contribution in [2.75, 3.05) is 13.2 Å². The van der Waals surface area contributed by atoms with Crippen molar-refractivity contribution >= 4 is 17.5 Å². The standard InChI is InChI=1S/C15H19ClF3N3O2/c16-11-7-10(15(17,18)19)8-22-14(11)24-5-4-21-13(23)6-9-2-1-3-12(9)20/h7-9,12H,1-6,20H2,(H,21,23)/t9-,12+/m0/s1. The zero-order valence-electron chi connectivity index (χ0n) is 12.9. The number of ether oxygens (including phenoxy) is 1. The van der Waals surface area contributed by atoms with Crippen molar-refractivity contribution in [1.29, 1.82) is 0 Å². The molecule has 1 aromatic rings. The van der Waals surface area contributed by atoms with Crippen LogP contribution in [0.5, 0.6) is 5.88 Å². The van der Waals surface area contributed by atoms with Crippen LogP contribution in [0.15, 0.2) is 12.3 Å². The molecule has 3 N–H and O–H groups in total. The number of rotatable bonds is 6. The summed E-state index contributed by atoms with van der Waals surface area (Å²) in [6, 6.07) is 0.825. The van der Waals surface area contributed by atoms with Crippen molar-refractivity contribution in [3.05, 3.63) is 22.8 Å². The number of carbonyl (C=O) groups is 1. The summed E-state index contributed by atoms with van der Waals surface area (Å²) >= 11 is 5.72. The largest absolute Gasteiger partial charge is 0.475 e. The molecule has 1 amide bonds. The molecule has 1 fully saturated rings. The molecule has 134 valence electrons. The predicted molar refractivity (Wildman–Crippen MR) is 82.7 cm³/mol. The Hall–Kier alpha value is -1.54. The average molecular weight is 366 g/mol. The molecule has 1 aliphatic rings. The van der Waals surface area contributed by atoms with Crippen molar-refractivity contribution < 1.29 is 22.7 Å². The molecule has 2 atom stereocenters. The number of carbonyl (C=O) groups excluding carboxylic acids is 1. The summed E-state index contributed by atoms with van der Waals surface area (Å²) in [6.45, 7) is 0.264. The third-order valence-electron chi connectivity index (χ3n) is 3.96. The van der Waals surface area contributed by atoms with Gasteiger partial charge in [-0.15, -0.1) is 0 Å². The zero-order valence-corrected chi connectivity index (χ0v) is 13.7. The summed E-state index contributed by atoms with van der Waals surface area (Å²) in [5.74, 6) is -0.0129. The normalized spacial score (nSPS) is 20.9. The first kappa shape index (κ1) is 18.8. The number of hydrogen-bond acceptors (Lipinski definition) is 4. The number of nitrogens with two attached hydrogens (primary N) is 1. The molecule has 0 spiro atoms. The number of amides is 1. The Bertz CT molecular complexity index is 584. The molecule has 0 unspecified atom stereocenters. The van der Waals surface area contributed by atoms with E-state index in [1.54, 1.807) is 0 Å². The maximum absolute atomic E-state index is 12.5.